The van der Waals surface area contributed by atoms with Gasteiger partial charge in [0.25, 0.3) is 0 Å². The van der Waals surface area contributed by atoms with Gasteiger partial charge in [-0.1, -0.05) is 30.3 Å². The van der Waals surface area contributed by atoms with E-state index in [9.17, 15) is 0 Å². The van der Waals surface area contributed by atoms with Gasteiger partial charge in [0.2, 0.25) is 0 Å². The summed E-state index contributed by atoms with van der Waals surface area (Å²) >= 11 is 0. The Hall–Kier alpha value is -1.67. The maximum Gasteiger partial charge on any atom is 0.0654 e. The Labute approximate surface area is 96.0 Å². The first-order valence-corrected chi connectivity index (χ1v) is 5.48. The van der Waals surface area contributed by atoms with Gasteiger partial charge < -0.3 is 5.32 Å². The number of benzene rings is 1. The number of pyridine rings is 1. The van der Waals surface area contributed by atoms with E-state index in [1.807, 2.05) is 37.5 Å². The van der Waals surface area contributed by atoms with Crippen molar-refractivity contribution in [3.63, 3.8) is 0 Å². The third-order valence-corrected chi connectivity index (χ3v) is 2.79. The Kier molecular flexibility index (Phi) is 3.32. The number of nitrogens with zero attached hydrogens (tertiary/aromatic N) is 1. The topological polar surface area (TPSA) is 24.9 Å². The zero-order chi connectivity index (χ0) is 11.4. The minimum atomic E-state index is 0.239. The Bertz CT molecular complexity index is 486. The zero-order valence-corrected chi connectivity index (χ0v) is 9.48. The van der Waals surface area contributed by atoms with Crippen LogP contribution in [0.3, 0.4) is 0 Å². The van der Waals surface area contributed by atoms with Gasteiger partial charge in [-0.3, -0.25) is 4.98 Å². The molecule has 1 unspecified atom stereocenters. The fourth-order valence-corrected chi connectivity index (χ4v) is 1.95. The van der Waals surface area contributed by atoms with Crippen molar-refractivity contribution in [1.29, 1.82) is 0 Å². The lowest BCUT2D eigenvalue weighted by Crippen LogP contribution is -2.17. The molecule has 16 heavy (non-hydrogen) atoms. The molecule has 1 atom stereocenters. The summed E-state index contributed by atoms with van der Waals surface area (Å²) in [5, 5.41) is 5.72. The van der Waals surface area contributed by atoms with Crippen molar-refractivity contribution < 1.29 is 0 Å². The van der Waals surface area contributed by atoms with Gasteiger partial charge in [0.15, 0.2) is 0 Å². The monoisotopic (exact) mass is 212 g/mol. The highest BCUT2D eigenvalue weighted by atomic mass is 14.9. The van der Waals surface area contributed by atoms with E-state index in [0.717, 1.165) is 12.1 Å². The first-order chi connectivity index (χ1) is 7.86. The minimum Gasteiger partial charge on any atom is -0.311 e. The Morgan fingerprint density at radius 2 is 2.19 bits per heavy atom. The quantitative estimate of drug-likeness (QED) is 0.788. The zero-order valence-electron chi connectivity index (χ0n) is 9.48. The first kappa shape index (κ1) is 10.8. The van der Waals surface area contributed by atoms with Crippen LogP contribution in [0.2, 0.25) is 0 Å². The van der Waals surface area contributed by atoms with E-state index in [-0.39, 0.29) is 6.04 Å². The molecule has 1 N–H and O–H groups in total. The lowest BCUT2D eigenvalue weighted by Gasteiger charge is -2.15. The average Bonchev–Trinajstić information content (AvgIpc) is 2.35. The summed E-state index contributed by atoms with van der Waals surface area (Å²) in [6, 6.07) is 10.6. The van der Waals surface area contributed by atoms with Crippen LogP contribution >= 0.6 is 0 Å². The predicted octanol–water partition coefficient (Wildman–Crippen LogP) is 3.07. The predicted molar refractivity (Wildman–Crippen MR) is 68.4 cm³/mol. The lowest BCUT2D eigenvalue weighted by atomic mass is 10.0. The molecule has 0 amide bonds. The maximum atomic E-state index is 4.49. The average molecular weight is 212 g/mol. The summed E-state index contributed by atoms with van der Waals surface area (Å²) in [7, 11) is 1.96. The van der Waals surface area contributed by atoms with Gasteiger partial charge in [-0.25, -0.2) is 0 Å². The summed E-state index contributed by atoms with van der Waals surface area (Å²) in [5.74, 6) is 0. The number of aromatic nitrogens is 1. The van der Waals surface area contributed by atoms with Gasteiger partial charge >= 0.3 is 0 Å². The van der Waals surface area contributed by atoms with Crippen LogP contribution in [0, 0.1) is 0 Å². The molecule has 82 valence electrons. The van der Waals surface area contributed by atoms with Gasteiger partial charge in [-0.05, 0) is 24.9 Å². The van der Waals surface area contributed by atoms with Crippen molar-refractivity contribution >= 4 is 10.8 Å². The smallest absolute Gasteiger partial charge is 0.0654 e. The van der Waals surface area contributed by atoms with Crippen LogP contribution in [-0.2, 0) is 0 Å². The number of fused-ring (bicyclic) bond motifs is 1. The number of hydrogen-bond acceptors (Lipinski definition) is 2. The Morgan fingerprint density at radius 3 is 2.94 bits per heavy atom. The normalized spacial score (nSPS) is 12.6. The molecule has 1 aromatic heterocycles. The second-order valence-corrected chi connectivity index (χ2v) is 3.78. The molecular weight excluding hydrogens is 196 g/mol. The highest BCUT2D eigenvalue weighted by Gasteiger charge is 2.11. The van der Waals surface area contributed by atoms with Crippen molar-refractivity contribution in [1.82, 2.24) is 10.3 Å². The molecule has 0 fully saturated rings. The van der Waals surface area contributed by atoms with Crippen LogP contribution in [-0.4, -0.2) is 12.0 Å². The Morgan fingerprint density at radius 1 is 1.38 bits per heavy atom. The third kappa shape index (κ3) is 1.97. The van der Waals surface area contributed by atoms with Crippen molar-refractivity contribution in [3.05, 3.63) is 54.9 Å². The molecule has 0 spiro atoms. The number of nitrogens with one attached hydrogen (secondary N) is 1. The van der Waals surface area contributed by atoms with E-state index in [0.29, 0.717) is 0 Å². The lowest BCUT2D eigenvalue weighted by molar-refractivity contribution is 0.592. The van der Waals surface area contributed by atoms with Crippen molar-refractivity contribution in [3.8, 4) is 0 Å². The van der Waals surface area contributed by atoms with Gasteiger partial charge in [-0.15, -0.1) is 6.58 Å². The summed E-state index contributed by atoms with van der Waals surface area (Å²) in [6.07, 6.45) is 4.67. The van der Waals surface area contributed by atoms with Crippen LogP contribution in [0.5, 0.6) is 0 Å². The molecule has 0 bridgehead atoms. The van der Waals surface area contributed by atoms with Crippen molar-refractivity contribution in [2.24, 2.45) is 0 Å². The van der Waals surface area contributed by atoms with E-state index in [2.05, 4.69) is 29.0 Å². The molecule has 0 aliphatic carbocycles. The second-order valence-electron chi connectivity index (χ2n) is 3.78. The van der Waals surface area contributed by atoms with E-state index in [1.165, 1.54) is 10.8 Å². The maximum absolute atomic E-state index is 4.49. The molecular formula is C14H16N2. The van der Waals surface area contributed by atoms with Gasteiger partial charge in [0.1, 0.15) is 0 Å². The standard InChI is InChI=1S/C14H16N2/c1-3-6-13(15-2)14-12-8-5-4-7-11(12)9-10-16-14/h3-5,7-10,13,15H,1,6H2,2H3. The number of hydrogen-bond donors (Lipinski definition) is 1. The third-order valence-electron chi connectivity index (χ3n) is 2.79. The minimum absolute atomic E-state index is 0.239. The van der Waals surface area contributed by atoms with Gasteiger partial charge in [0, 0.05) is 11.6 Å². The van der Waals surface area contributed by atoms with E-state index >= 15 is 0 Å². The molecule has 1 aromatic carbocycles. The molecule has 0 radical (unpaired) electrons. The molecule has 1 heterocycles. The van der Waals surface area contributed by atoms with Crippen LogP contribution < -0.4 is 5.32 Å². The Balaban J connectivity index is 2.54. The van der Waals surface area contributed by atoms with Crippen molar-refractivity contribution in [2.75, 3.05) is 7.05 Å². The van der Waals surface area contributed by atoms with Gasteiger partial charge in [-0.2, -0.15) is 0 Å². The van der Waals surface area contributed by atoms with Crippen LogP contribution in [0.1, 0.15) is 18.2 Å². The highest BCUT2D eigenvalue weighted by molar-refractivity contribution is 5.84. The second kappa shape index (κ2) is 4.90. The molecule has 2 nitrogen and oxygen atoms in total. The molecule has 0 aliphatic rings. The SMILES string of the molecule is C=CCC(NC)c1nccc2ccccc12. The van der Waals surface area contributed by atoms with E-state index in [4.69, 9.17) is 0 Å². The summed E-state index contributed by atoms with van der Waals surface area (Å²) in [4.78, 5) is 4.49. The molecule has 0 saturated carbocycles. The van der Waals surface area contributed by atoms with Gasteiger partial charge in [0.05, 0.1) is 11.7 Å². The van der Waals surface area contributed by atoms with Crippen LogP contribution in [0.15, 0.2) is 49.2 Å². The van der Waals surface area contributed by atoms with Crippen LogP contribution in [0.4, 0.5) is 0 Å². The van der Waals surface area contributed by atoms with E-state index in [1.54, 1.807) is 0 Å². The molecule has 0 aliphatic heterocycles. The summed E-state index contributed by atoms with van der Waals surface area (Å²) < 4.78 is 0. The molecule has 2 aromatic rings. The highest BCUT2D eigenvalue weighted by Crippen LogP contribution is 2.23. The van der Waals surface area contributed by atoms with E-state index < -0.39 is 0 Å². The van der Waals surface area contributed by atoms with Crippen LogP contribution in [0.25, 0.3) is 10.8 Å². The largest absolute Gasteiger partial charge is 0.311 e. The van der Waals surface area contributed by atoms with Crippen molar-refractivity contribution in [2.45, 2.75) is 12.5 Å². The fraction of sp³-hybridized carbons (Fsp3) is 0.214. The fourth-order valence-electron chi connectivity index (χ4n) is 1.95. The molecule has 2 rings (SSSR count). The number of rotatable bonds is 4. The molecule has 2 heteroatoms. The summed E-state index contributed by atoms with van der Waals surface area (Å²) in [6.45, 7) is 3.79. The summed E-state index contributed by atoms with van der Waals surface area (Å²) in [5.41, 5.74) is 1.10. The first-order valence-electron chi connectivity index (χ1n) is 5.48. The molecule has 0 saturated heterocycles.